The molecule has 1 amide bonds. The van der Waals surface area contributed by atoms with E-state index in [1.54, 1.807) is 7.11 Å². The predicted octanol–water partition coefficient (Wildman–Crippen LogP) is 0.326. The highest BCUT2D eigenvalue weighted by Gasteiger charge is 2.22. The summed E-state index contributed by atoms with van der Waals surface area (Å²) in [7, 11) is 1.65. The number of amides is 1. The van der Waals surface area contributed by atoms with Gasteiger partial charge in [0.1, 0.15) is 5.75 Å². The Hall–Kier alpha value is -1.55. The van der Waals surface area contributed by atoms with Crippen LogP contribution >= 0.6 is 0 Å². The normalized spacial score (nSPS) is 20.3. The van der Waals surface area contributed by atoms with Crippen molar-refractivity contribution in [3.05, 3.63) is 29.8 Å². The van der Waals surface area contributed by atoms with E-state index in [1.807, 2.05) is 24.3 Å². The van der Waals surface area contributed by atoms with Crippen molar-refractivity contribution < 1.29 is 9.53 Å². The van der Waals surface area contributed by atoms with Crippen LogP contribution in [0.1, 0.15) is 5.56 Å². The van der Waals surface area contributed by atoms with Crippen LogP contribution in [0.5, 0.6) is 5.75 Å². The lowest BCUT2D eigenvalue weighted by atomic mass is 10.0. The minimum absolute atomic E-state index is 0.0668. The Kier molecular flexibility index (Phi) is 3.41. The third-order valence-electron chi connectivity index (χ3n) is 2.75. The van der Waals surface area contributed by atoms with E-state index >= 15 is 0 Å². The van der Waals surface area contributed by atoms with Crippen molar-refractivity contribution in [3.63, 3.8) is 0 Å². The van der Waals surface area contributed by atoms with Gasteiger partial charge in [0.15, 0.2) is 0 Å². The SMILES string of the molecule is COc1ccccc1CC1NCCNC1=O. The summed E-state index contributed by atoms with van der Waals surface area (Å²) in [5.74, 6) is 0.903. The molecule has 86 valence electrons. The van der Waals surface area contributed by atoms with Crippen LogP contribution in [0.3, 0.4) is 0 Å². The number of carbonyl (C=O) groups is 1. The van der Waals surface area contributed by atoms with Crippen LogP contribution in [0.15, 0.2) is 24.3 Å². The Labute approximate surface area is 95.0 Å². The molecule has 0 saturated carbocycles. The van der Waals surface area contributed by atoms with Gasteiger partial charge in [0.05, 0.1) is 13.2 Å². The molecule has 2 rings (SSSR count). The smallest absolute Gasteiger partial charge is 0.237 e. The van der Waals surface area contributed by atoms with E-state index in [4.69, 9.17) is 4.74 Å². The summed E-state index contributed by atoms with van der Waals surface area (Å²) in [5.41, 5.74) is 1.06. The summed E-state index contributed by atoms with van der Waals surface area (Å²) in [6.07, 6.45) is 0.663. The van der Waals surface area contributed by atoms with Gasteiger partial charge in [-0.3, -0.25) is 4.79 Å². The maximum atomic E-state index is 11.6. The largest absolute Gasteiger partial charge is 0.496 e. The van der Waals surface area contributed by atoms with Gasteiger partial charge >= 0.3 is 0 Å². The van der Waals surface area contributed by atoms with Crippen molar-refractivity contribution in [3.8, 4) is 5.75 Å². The van der Waals surface area contributed by atoms with E-state index in [0.29, 0.717) is 13.0 Å². The third-order valence-corrected chi connectivity index (χ3v) is 2.75. The van der Waals surface area contributed by atoms with Gasteiger partial charge in [-0.25, -0.2) is 0 Å². The van der Waals surface area contributed by atoms with E-state index in [1.165, 1.54) is 0 Å². The van der Waals surface area contributed by atoms with Crippen molar-refractivity contribution in [2.75, 3.05) is 20.2 Å². The summed E-state index contributed by atoms with van der Waals surface area (Å²) >= 11 is 0. The molecule has 0 radical (unpaired) electrons. The average Bonchev–Trinajstić information content (AvgIpc) is 2.33. The van der Waals surface area contributed by atoms with Crippen LogP contribution in [0, 0.1) is 0 Å². The van der Waals surface area contributed by atoms with E-state index < -0.39 is 0 Å². The number of nitrogens with one attached hydrogen (secondary N) is 2. The van der Waals surface area contributed by atoms with E-state index in [0.717, 1.165) is 17.9 Å². The lowest BCUT2D eigenvalue weighted by Crippen LogP contribution is -2.53. The second-order valence-electron chi connectivity index (χ2n) is 3.81. The highest BCUT2D eigenvalue weighted by atomic mass is 16.5. The fourth-order valence-electron chi connectivity index (χ4n) is 1.90. The Balaban J connectivity index is 2.10. The van der Waals surface area contributed by atoms with Crippen LogP contribution in [0.4, 0.5) is 0 Å². The number of ether oxygens (including phenoxy) is 1. The van der Waals surface area contributed by atoms with Gasteiger partial charge in [0, 0.05) is 19.5 Å². The monoisotopic (exact) mass is 220 g/mol. The molecule has 1 fully saturated rings. The number of hydrogen-bond donors (Lipinski definition) is 2. The maximum Gasteiger partial charge on any atom is 0.237 e. The number of benzene rings is 1. The zero-order chi connectivity index (χ0) is 11.4. The quantitative estimate of drug-likeness (QED) is 0.771. The molecule has 4 heteroatoms. The highest BCUT2D eigenvalue weighted by Crippen LogP contribution is 2.19. The number of piperazine rings is 1. The molecule has 0 aliphatic carbocycles. The van der Waals surface area contributed by atoms with Crippen molar-refractivity contribution in [1.29, 1.82) is 0 Å². The minimum atomic E-state index is -0.148. The zero-order valence-corrected chi connectivity index (χ0v) is 9.32. The van der Waals surface area contributed by atoms with Crippen LogP contribution in [-0.4, -0.2) is 32.1 Å². The van der Waals surface area contributed by atoms with Crippen molar-refractivity contribution >= 4 is 5.91 Å². The van der Waals surface area contributed by atoms with Crippen LogP contribution < -0.4 is 15.4 Å². The molecule has 0 aromatic heterocycles. The molecular formula is C12H16N2O2. The molecule has 0 bridgehead atoms. The van der Waals surface area contributed by atoms with Gasteiger partial charge in [-0.2, -0.15) is 0 Å². The number of carbonyl (C=O) groups excluding carboxylic acids is 1. The molecule has 4 nitrogen and oxygen atoms in total. The minimum Gasteiger partial charge on any atom is -0.496 e. The summed E-state index contributed by atoms with van der Waals surface area (Å²) in [4.78, 5) is 11.6. The first-order valence-corrected chi connectivity index (χ1v) is 5.44. The number of para-hydroxylation sites is 1. The highest BCUT2D eigenvalue weighted by molar-refractivity contribution is 5.82. The maximum absolute atomic E-state index is 11.6. The van der Waals surface area contributed by atoms with Crippen molar-refractivity contribution in [2.45, 2.75) is 12.5 Å². The second kappa shape index (κ2) is 4.99. The van der Waals surface area contributed by atoms with Gasteiger partial charge in [0.2, 0.25) is 5.91 Å². The zero-order valence-electron chi connectivity index (χ0n) is 9.32. The first kappa shape index (κ1) is 11.0. The predicted molar refractivity (Wildman–Crippen MR) is 61.5 cm³/mol. The molecule has 1 aliphatic heterocycles. The van der Waals surface area contributed by atoms with Crippen LogP contribution in [-0.2, 0) is 11.2 Å². The van der Waals surface area contributed by atoms with Crippen LogP contribution in [0.25, 0.3) is 0 Å². The fraction of sp³-hybridized carbons (Fsp3) is 0.417. The molecule has 1 aliphatic rings. The summed E-state index contributed by atoms with van der Waals surface area (Å²) in [5, 5.41) is 6.05. The Morgan fingerprint density at radius 3 is 2.94 bits per heavy atom. The molecule has 1 atom stereocenters. The van der Waals surface area contributed by atoms with E-state index in [2.05, 4.69) is 10.6 Å². The lowest BCUT2D eigenvalue weighted by Gasteiger charge is -2.24. The van der Waals surface area contributed by atoms with Gasteiger partial charge in [0.25, 0.3) is 0 Å². The topological polar surface area (TPSA) is 50.4 Å². The van der Waals surface area contributed by atoms with Crippen molar-refractivity contribution in [1.82, 2.24) is 10.6 Å². The second-order valence-corrected chi connectivity index (χ2v) is 3.81. The lowest BCUT2D eigenvalue weighted by molar-refractivity contribution is -0.124. The van der Waals surface area contributed by atoms with Gasteiger partial charge in [-0.1, -0.05) is 18.2 Å². The number of hydrogen-bond acceptors (Lipinski definition) is 3. The first-order chi connectivity index (χ1) is 7.81. The van der Waals surface area contributed by atoms with Gasteiger partial charge in [-0.05, 0) is 11.6 Å². The van der Waals surface area contributed by atoms with Gasteiger partial charge in [-0.15, -0.1) is 0 Å². The molecule has 2 N–H and O–H groups in total. The van der Waals surface area contributed by atoms with Gasteiger partial charge < -0.3 is 15.4 Å². The van der Waals surface area contributed by atoms with E-state index in [9.17, 15) is 4.79 Å². The molecule has 1 heterocycles. The summed E-state index contributed by atoms with van der Waals surface area (Å²) in [6, 6.07) is 7.64. The Bertz CT molecular complexity index is 379. The summed E-state index contributed by atoms with van der Waals surface area (Å²) in [6.45, 7) is 1.53. The summed E-state index contributed by atoms with van der Waals surface area (Å²) < 4.78 is 5.26. The molecule has 1 aromatic rings. The standard InChI is InChI=1S/C12H16N2O2/c1-16-11-5-3-2-4-9(11)8-10-12(15)14-7-6-13-10/h2-5,10,13H,6-8H2,1H3,(H,14,15). The number of methoxy groups -OCH3 is 1. The van der Waals surface area contributed by atoms with Crippen LogP contribution in [0.2, 0.25) is 0 Å². The Morgan fingerprint density at radius 2 is 2.19 bits per heavy atom. The molecule has 1 saturated heterocycles. The molecule has 0 spiro atoms. The average molecular weight is 220 g/mol. The number of rotatable bonds is 3. The van der Waals surface area contributed by atoms with E-state index in [-0.39, 0.29) is 11.9 Å². The molecule has 1 unspecified atom stereocenters. The molecule has 1 aromatic carbocycles. The molecule has 16 heavy (non-hydrogen) atoms. The third kappa shape index (κ3) is 2.33. The van der Waals surface area contributed by atoms with Crippen molar-refractivity contribution in [2.24, 2.45) is 0 Å². The molecular weight excluding hydrogens is 204 g/mol. The first-order valence-electron chi connectivity index (χ1n) is 5.44. The fourth-order valence-corrected chi connectivity index (χ4v) is 1.90. The Morgan fingerprint density at radius 1 is 1.38 bits per heavy atom.